The molecule has 0 saturated heterocycles. The van der Waals surface area contributed by atoms with Crippen LogP contribution in [0.3, 0.4) is 0 Å². The minimum Gasteiger partial charge on any atom is -0.493 e. The van der Waals surface area contributed by atoms with Crippen molar-refractivity contribution in [3.05, 3.63) is 72.4 Å². The standard InChI is InChI=1S/C23H19FN2O4/c1-3-28-20-12-21-18(19(13-29-21)15-4-6-16(24)7-5-15)11-17(20)14(2)10-23(27)25-22-8-9-30-26-22/h4-13H,3H2,1-2H3,(H,25,26,27)/b14-10+. The number of furan rings is 1. The predicted molar refractivity (Wildman–Crippen MR) is 112 cm³/mol. The predicted octanol–water partition coefficient (Wildman–Crippen LogP) is 5.67. The number of rotatable bonds is 6. The quantitative estimate of drug-likeness (QED) is 0.418. The molecule has 6 nitrogen and oxygen atoms in total. The summed E-state index contributed by atoms with van der Waals surface area (Å²) in [6.45, 7) is 4.17. The van der Waals surface area contributed by atoms with Crippen LogP contribution < -0.4 is 10.1 Å². The molecule has 0 bridgehead atoms. The van der Waals surface area contributed by atoms with Crippen LogP contribution in [0.1, 0.15) is 19.4 Å². The molecule has 0 aliphatic rings. The van der Waals surface area contributed by atoms with Gasteiger partial charge in [0.2, 0.25) is 5.91 Å². The molecule has 1 amide bonds. The molecule has 1 N–H and O–H groups in total. The van der Waals surface area contributed by atoms with Gasteiger partial charge in [-0.25, -0.2) is 4.39 Å². The lowest BCUT2D eigenvalue weighted by Crippen LogP contribution is -2.09. The molecule has 0 radical (unpaired) electrons. The van der Waals surface area contributed by atoms with Gasteiger partial charge in [-0.15, -0.1) is 0 Å². The summed E-state index contributed by atoms with van der Waals surface area (Å²) in [5.41, 5.74) is 3.75. The third-order valence-corrected chi connectivity index (χ3v) is 4.59. The summed E-state index contributed by atoms with van der Waals surface area (Å²) < 4.78 is 29.5. The van der Waals surface area contributed by atoms with Crippen molar-refractivity contribution in [3.63, 3.8) is 0 Å². The fourth-order valence-electron chi connectivity index (χ4n) is 3.20. The number of aromatic nitrogens is 1. The van der Waals surface area contributed by atoms with E-state index in [4.69, 9.17) is 13.7 Å². The highest BCUT2D eigenvalue weighted by Gasteiger charge is 2.15. The maximum Gasteiger partial charge on any atom is 0.249 e. The van der Waals surface area contributed by atoms with E-state index in [1.54, 1.807) is 30.5 Å². The van der Waals surface area contributed by atoms with Crippen molar-refractivity contribution >= 4 is 28.3 Å². The molecule has 7 heteroatoms. The Kier molecular flexibility index (Phi) is 5.34. The Balaban J connectivity index is 1.75. The van der Waals surface area contributed by atoms with Crippen LogP contribution in [-0.2, 0) is 4.79 Å². The molecule has 2 heterocycles. The molecule has 2 aromatic heterocycles. The number of hydrogen-bond donors (Lipinski definition) is 1. The Morgan fingerprint density at radius 2 is 2.03 bits per heavy atom. The van der Waals surface area contributed by atoms with E-state index < -0.39 is 0 Å². The Morgan fingerprint density at radius 3 is 2.73 bits per heavy atom. The highest BCUT2D eigenvalue weighted by molar-refractivity contribution is 6.05. The number of anilines is 1. The second-order valence-electron chi connectivity index (χ2n) is 6.64. The number of hydrogen-bond acceptors (Lipinski definition) is 5. The number of fused-ring (bicyclic) bond motifs is 1. The zero-order chi connectivity index (χ0) is 21.1. The van der Waals surface area contributed by atoms with Gasteiger partial charge < -0.3 is 19.0 Å². The van der Waals surface area contributed by atoms with Crippen LogP contribution in [0, 0.1) is 5.82 Å². The molecule has 0 saturated carbocycles. The third-order valence-electron chi connectivity index (χ3n) is 4.59. The summed E-state index contributed by atoms with van der Waals surface area (Å²) in [7, 11) is 0. The number of nitrogens with one attached hydrogen (secondary N) is 1. The maximum absolute atomic E-state index is 13.3. The van der Waals surface area contributed by atoms with E-state index in [1.165, 1.54) is 24.5 Å². The van der Waals surface area contributed by atoms with Gasteiger partial charge in [0.15, 0.2) is 5.82 Å². The number of carbonyl (C=O) groups is 1. The van der Waals surface area contributed by atoms with Crippen molar-refractivity contribution in [1.82, 2.24) is 5.16 Å². The largest absolute Gasteiger partial charge is 0.493 e. The van der Waals surface area contributed by atoms with E-state index in [0.29, 0.717) is 29.3 Å². The molecule has 0 atom stereocenters. The van der Waals surface area contributed by atoms with Crippen LogP contribution in [0.15, 0.2) is 70.0 Å². The van der Waals surface area contributed by atoms with Crippen molar-refractivity contribution in [2.75, 3.05) is 11.9 Å². The topological polar surface area (TPSA) is 77.5 Å². The molecule has 0 aliphatic carbocycles. The van der Waals surface area contributed by atoms with Crippen molar-refractivity contribution < 1.29 is 22.9 Å². The minimum absolute atomic E-state index is 0.303. The molecular formula is C23H19FN2O4. The minimum atomic E-state index is -0.338. The summed E-state index contributed by atoms with van der Waals surface area (Å²) in [4.78, 5) is 12.3. The van der Waals surface area contributed by atoms with Gasteiger partial charge in [0.1, 0.15) is 23.4 Å². The Bertz CT molecular complexity index is 1210. The first-order valence-electron chi connectivity index (χ1n) is 9.39. The van der Waals surface area contributed by atoms with Crippen LogP contribution >= 0.6 is 0 Å². The van der Waals surface area contributed by atoms with Crippen LogP contribution in [-0.4, -0.2) is 17.7 Å². The Hall–Kier alpha value is -3.87. The summed E-state index contributed by atoms with van der Waals surface area (Å²) in [6.07, 6.45) is 4.48. The second kappa shape index (κ2) is 8.24. The number of halogens is 1. The highest BCUT2D eigenvalue weighted by atomic mass is 19.1. The van der Waals surface area contributed by atoms with E-state index in [0.717, 1.165) is 22.1 Å². The summed E-state index contributed by atoms with van der Waals surface area (Å²) in [6, 6.07) is 11.5. The van der Waals surface area contributed by atoms with Crippen molar-refractivity contribution in [3.8, 4) is 16.9 Å². The molecule has 0 spiro atoms. The normalized spacial score (nSPS) is 11.6. The van der Waals surface area contributed by atoms with E-state index in [1.807, 2.05) is 19.9 Å². The number of ether oxygens (including phenoxy) is 1. The van der Waals surface area contributed by atoms with Gasteiger partial charge in [0, 0.05) is 34.7 Å². The first-order valence-corrected chi connectivity index (χ1v) is 9.39. The smallest absolute Gasteiger partial charge is 0.249 e. The monoisotopic (exact) mass is 406 g/mol. The number of carbonyl (C=O) groups excluding carboxylic acids is 1. The van der Waals surface area contributed by atoms with Gasteiger partial charge in [0.25, 0.3) is 0 Å². The van der Waals surface area contributed by atoms with Crippen molar-refractivity contribution in [2.45, 2.75) is 13.8 Å². The number of allylic oxidation sites excluding steroid dienone is 1. The average molecular weight is 406 g/mol. The summed E-state index contributed by atoms with van der Waals surface area (Å²) in [5.74, 6) is 0.295. The number of nitrogens with zero attached hydrogens (tertiary/aromatic N) is 1. The zero-order valence-electron chi connectivity index (χ0n) is 16.4. The molecule has 152 valence electrons. The number of amides is 1. The maximum atomic E-state index is 13.3. The first-order chi connectivity index (χ1) is 14.5. The van der Waals surface area contributed by atoms with Crippen molar-refractivity contribution in [2.24, 2.45) is 0 Å². The van der Waals surface area contributed by atoms with E-state index in [2.05, 4.69) is 10.5 Å². The summed E-state index contributed by atoms with van der Waals surface area (Å²) in [5, 5.41) is 7.14. The molecular weight excluding hydrogens is 387 g/mol. The van der Waals surface area contributed by atoms with E-state index in [9.17, 15) is 9.18 Å². The van der Waals surface area contributed by atoms with Gasteiger partial charge in [-0.3, -0.25) is 4.79 Å². The summed E-state index contributed by atoms with van der Waals surface area (Å²) >= 11 is 0. The Morgan fingerprint density at radius 1 is 1.23 bits per heavy atom. The zero-order valence-corrected chi connectivity index (χ0v) is 16.4. The highest BCUT2D eigenvalue weighted by Crippen LogP contribution is 2.37. The SMILES string of the molecule is CCOc1cc2occ(-c3ccc(F)cc3)c2cc1/C(C)=C/C(=O)Nc1ccon1. The molecule has 30 heavy (non-hydrogen) atoms. The average Bonchev–Trinajstić information content (AvgIpc) is 3.37. The second-order valence-corrected chi connectivity index (χ2v) is 6.64. The molecule has 0 unspecified atom stereocenters. The lowest BCUT2D eigenvalue weighted by molar-refractivity contribution is -0.111. The van der Waals surface area contributed by atoms with Gasteiger partial charge in [0.05, 0.1) is 12.9 Å². The fourth-order valence-corrected chi connectivity index (χ4v) is 3.20. The van der Waals surface area contributed by atoms with Crippen LogP contribution in [0.4, 0.5) is 10.2 Å². The van der Waals surface area contributed by atoms with Gasteiger partial charge in [-0.2, -0.15) is 0 Å². The molecule has 0 fully saturated rings. The molecule has 4 rings (SSSR count). The van der Waals surface area contributed by atoms with Gasteiger partial charge in [-0.05, 0) is 43.2 Å². The lowest BCUT2D eigenvalue weighted by Gasteiger charge is -2.11. The third kappa shape index (κ3) is 3.96. The van der Waals surface area contributed by atoms with Crippen molar-refractivity contribution in [1.29, 1.82) is 0 Å². The van der Waals surface area contributed by atoms with Crippen LogP contribution in [0.2, 0.25) is 0 Å². The lowest BCUT2D eigenvalue weighted by atomic mass is 9.99. The fraction of sp³-hybridized carbons (Fsp3) is 0.130. The molecule has 0 aliphatic heterocycles. The van der Waals surface area contributed by atoms with Crippen LogP contribution in [0.25, 0.3) is 27.7 Å². The van der Waals surface area contributed by atoms with Crippen LogP contribution in [0.5, 0.6) is 5.75 Å². The Labute approximate surface area is 171 Å². The van der Waals surface area contributed by atoms with Gasteiger partial charge in [-0.1, -0.05) is 17.3 Å². The number of benzene rings is 2. The van der Waals surface area contributed by atoms with Gasteiger partial charge >= 0.3 is 0 Å². The van der Waals surface area contributed by atoms with E-state index >= 15 is 0 Å². The molecule has 4 aromatic rings. The molecule has 2 aromatic carbocycles. The van der Waals surface area contributed by atoms with E-state index in [-0.39, 0.29) is 11.7 Å². The first kappa shape index (κ1) is 19.4.